The number of rotatable bonds is 8. The summed E-state index contributed by atoms with van der Waals surface area (Å²) in [5, 5.41) is 54.8. The van der Waals surface area contributed by atoms with Gasteiger partial charge in [0.25, 0.3) is 0 Å². The highest BCUT2D eigenvalue weighted by Crippen LogP contribution is 2.21. The molecule has 0 saturated carbocycles. The fourth-order valence-electron chi connectivity index (χ4n) is 1.60. The van der Waals surface area contributed by atoms with Crippen LogP contribution in [-0.4, -0.2) is 78.2 Å². The molecule has 120 valence electrons. The maximum absolute atomic E-state index is 13.9. The minimum absolute atomic E-state index is 0.140. The molecule has 1 aromatic rings. The highest BCUT2D eigenvalue weighted by molar-refractivity contribution is 5.09. The molecule has 6 N–H and O–H groups in total. The molecule has 5 atom stereocenters. The van der Waals surface area contributed by atoms with Crippen molar-refractivity contribution in [3.05, 3.63) is 23.8 Å². The van der Waals surface area contributed by atoms with Crippen LogP contribution in [-0.2, 0) is 6.42 Å². The first-order valence-corrected chi connectivity index (χ1v) is 6.29. The van der Waals surface area contributed by atoms with E-state index < -0.39 is 43.8 Å². The average molecular weight is 306 g/mol. The SMILES string of the molecule is OC[C@@H](O)[C@@H](O)[C@@H](F)c1cncc(C[C@@H](O)[C@H](O)CO)n1. The van der Waals surface area contributed by atoms with Crippen LogP contribution in [0.1, 0.15) is 17.6 Å². The van der Waals surface area contributed by atoms with Gasteiger partial charge in [-0.15, -0.1) is 0 Å². The average Bonchev–Trinajstić information content (AvgIpc) is 2.51. The lowest BCUT2D eigenvalue weighted by Gasteiger charge is -2.20. The third-order valence-electron chi connectivity index (χ3n) is 2.92. The molecule has 8 nitrogen and oxygen atoms in total. The molecular formula is C12H19FN2O6. The number of aromatic nitrogens is 2. The molecule has 0 amide bonds. The van der Waals surface area contributed by atoms with Gasteiger partial charge in [0.1, 0.15) is 18.3 Å². The van der Waals surface area contributed by atoms with E-state index in [1.165, 1.54) is 6.20 Å². The Morgan fingerprint density at radius 3 is 2.14 bits per heavy atom. The normalized spacial score (nSPS) is 18.8. The third kappa shape index (κ3) is 4.92. The van der Waals surface area contributed by atoms with Crippen molar-refractivity contribution in [2.75, 3.05) is 13.2 Å². The maximum Gasteiger partial charge on any atom is 0.172 e. The Morgan fingerprint density at radius 2 is 1.57 bits per heavy atom. The van der Waals surface area contributed by atoms with Crippen molar-refractivity contribution in [1.82, 2.24) is 9.97 Å². The van der Waals surface area contributed by atoms with E-state index in [1.54, 1.807) is 0 Å². The second kappa shape index (κ2) is 8.27. The summed E-state index contributed by atoms with van der Waals surface area (Å²) in [5.41, 5.74) is -0.140. The second-order valence-corrected chi connectivity index (χ2v) is 4.60. The number of aliphatic hydroxyl groups excluding tert-OH is 6. The van der Waals surface area contributed by atoms with E-state index in [4.69, 9.17) is 10.2 Å². The minimum Gasteiger partial charge on any atom is -0.394 e. The highest BCUT2D eigenvalue weighted by Gasteiger charge is 2.29. The van der Waals surface area contributed by atoms with Crippen LogP contribution in [0.3, 0.4) is 0 Å². The van der Waals surface area contributed by atoms with Gasteiger partial charge in [0.2, 0.25) is 0 Å². The zero-order valence-corrected chi connectivity index (χ0v) is 11.1. The van der Waals surface area contributed by atoms with Crippen molar-refractivity contribution in [2.24, 2.45) is 0 Å². The van der Waals surface area contributed by atoms with Gasteiger partial charge in [-0.2, -0.15) is 0 Å². The molecule has 0 fully saturated rings. The van der Waals surface area contributed by atoms with Crippen LogP contribution in [0, 0.1) is 0 Å². The van der Waals surface area contributed by atoms with Crippen molar-refractivity contribution in [1.29, 1.82) is 0 Å². The van der Waals surface area contributed by atoms with E-state index >= 15 is 0 Å². The Hall–Kier alpha value is -1.23. The summed E-state index contributed by atoms with van der Waals surface area (Å²) in [7, 11) is 0. The molecule has 0 aliphatic carbocycles. The number of alkyl halides is 1. The van der Waals surface area contributed by atoms with Gasteiger partial charge in [-0.25, -0.2) is 4.39 Å². The van der Waals surface area contributed by atoms with Crippen LogP contribution in [0.25, 0.3) is 0 Å². The van der Waals surface area contributed by atoms with Crippen molar-refractivity contribution in [2.45, 2.75) is 37.0 Å². The largest absolute Gasteiger partial charge is 0.394 e. The Bertz CT molecular complexity index is 438. The summed E-state index contributed by atoms with van der Waals surface area (Å²) < 4.78 is 13.9. The number of halogens is 1. The van der Waals surface area contributed by atoms with Crippen LogP contribution in [0.2, 0.25) is 0 Å². The van der Waals surface area contributed by atoms with Gasteiger partial charge >= 0.3 is 0 Å². The van der Waals surface area contributed by atoms with E-state index in [1.807, 2.05) is 0 Å². The lowest BCUT2D eigenvalue weighted by atomic mass is 10.1. The standard InChI is InChI=1S/C12H19FN2O6/c13-11(12(21)10(20)5-17)7-3-14-2-6(15-7)1-8(18)9(19)4-16/h2-3,8-12,16-21H,1,4-5H2/t8-,9-,10-,11+,12-/m1/s1. The topological polar surface area (TPSA) is 147 Å². The zero-order chi connectivity index (χ0) is 16.0. The summed E-state index contributed by atoms with van der Waals surface area (Å²) >= 11 is 0. The van der Waals surface area contributed by atoms with Crippen LogP contribution >= 0.6 is 0 Å². The minimum atomic E-state index is -2.07. The van der Waals surface area contributed by atoms with Gasteiger partial charge in [0, 0.05) is 12.6 Å². The van der Waals surface area contributed by atoms with Crippen molar-refractivity contribution >= 4 is 0 Å². The molecule has 0 bridgehead atoms. The summed E-state index contributed by atoms with van der Waals surface area (Å²) in [5.74, 6) is 0. The predicted octanol–water partition coefficient (Wildman–Crippen LogP) is -2.54. The Labute approximate surface area is 120 Å². The van der Waals surface area contributed by atoms with Gasteiger partial charge in [-0.05, 0) is 0 Å². The Balaban J connectivity index is 2.80. The monoisotopic (exact) mass is 306 g/mol. The summed E-state index contributed by atoms with van der Waals surface area (Å²) in [6.07, 6.45) is -6.16. The molecule has 0 aliphatic heterocycles. The number of hydrogen-bond acceptors (Lipinski definition) is 8. The number of hydrogen-bond donors (Lipinski definition) is 6. The van der Waals surface area contributed by atoms with Crippen LogP contribution in [0.4, 0.5) is 4.39 Å². The lowest BCUT2D eigenvalue weighted by Crippen LogP contribution is -2.34. The first kappa shape index (κ1) is 17.8. The Kier molecular flexibility index (Phi) is 7.02. The predicted molar refractivity (Wildman–Crippen MR) is 67.8 cm³/mol. The fraction of sp³-hybridized carbons (Fsp3) is 0.667. The fourth-order valence-corrected chi connectivity index (χ4v) is 1.60. The molecule has 1 rings (SSSR count). The first-order valence-electron chi connectivity index (χ1n) is 6.29. The van der Waals surface area contributed by atoms with Crippen molar-refractivity contribution in [3.8, 4) is 0 Å². The lowest BCUT2D eigenvalue weighted by molar-refractivity contribution is -0.0538. The second-order valence-electron chi connectivity index (χ2n) is 4.60. The Morgan fingerprint density at radius 1 is 0.952 bits per heavy atom. The number of nitrogens with zero attached hydrogens (tertiary/aromatic N) is 2. The van der Waals surface area contributed by atoms with E-state index in [-0.39, 0.29) is 17.8 Å². The molecule has 1 aromatic heterocycles. The molecule has 9 heteroatoms. The van der Waals surface area contributed by atoms with Gasteiger partial charge in [-0.3, -0.25) is 9.97 Å². The summed E-state index contributed by atoms with van der Waals surface area (Å²) in [6, 6.07) is 0. The van der Waals surface area contributed by atoms with E-state index in [9.17, 15) is 24.8 Å². The molecule has 0 radical (unpaired) electrons. The van der Waals surface area contributed by atoms with Gasteiger partial charge < -0.3 is 30.6 Å². The molecule has 0 spiro atoms. The van der Waals surface area contributed by atoms with Gasteiger partial charge in [-0.1, -0.05) is 0 Å². The van der Waals surface area contributed by atoms with Crippen LogP contribution < -0.4 is 0 Å². The zero-order valence-electron chi connectivity index (χ0n) is 11.1. The van der Waals surface area contributed by atoms with E-state index in [0.29, 0.717) is 0 Å². The molecule has 0 unspecified atom stereocenters. The smallest absolute Gasteiger partial charge is 0.172 e. The van der Waals surface area contributed by atoms with E-state index in [0.717, 1.165) is 6.20 Å². The van der Waals surface area contributed by atoms with Crippen LogP contribution in [0.5, 0.6) is 0 Å². The third-order valence-corrected chi connectivity index (χ3v) is 2.92. The van der Waals surface area contributed by atoms with Gasteiger partial charge in [0.15, 0.2) is 6.17 Å². The van der Waals surface area contributed by atoms with Crippen LogP contribution in [0.15, 0.2) is 12.4 Å². The molecule has 0 aromatic carbocycles. The number of aliphatic hydroxyl groups is 6. The molecule has 0 saturated heterocycles. The molecule has 21 heavy (non-hydrogen) atoms. The van der Waals surface area contributed by atoms with Gasteiger partial charge in [0.05, 0.1) is 36.9 Å². The van der Waals surface area contributed by atoms with Crippen molar-refractivity contribution in [3.63, 3.8) is 0 Å². The van der Waals surface area contributed by atoms with Crippen molar-refractivity contribution < 1.29 is 35.0 Å². The maximum atomic E-state index is 13.9. The first-order chi connectivity index (χ1) is 9.90. The van der Waals surface area contributed by atoms with E-state index in [2.05, 4.69) is 9.97 Å². The highest BCUT2D eigenvalue weighted by atomic mass is 19.1. The molecule has 1 heterocycles. The quantitative estimate of drug-likeness (QED) is 0.308. The summed E-state index contributed by atoms with van der Waals surface area (Å²) in [4.78, 5) is 7.52. The summed E-state index contributed by atoms with van der Waals surface area (Å²) in [6.45, 7) is -1.45. The molecule has 0 aliphatic rings. The molecular weight excluding hydrogens is 287 g/mol.